The van der Waals surface area contributed by atoms with Crippen LogP contribution in [0.3, 0.4) is 0 Å². The summed E-state index contributed by atoms with van der Waals surface area (Å²) in [5.74, 6) is 1.91. The number of hydrogen-bond acceptors (Lipinski definition) is 4. The maximum Gasteiger partial charge on any atom is 0.407 e. The Labute approximate surface area is 195 Å². The van der Waals surface area contributed by atoms with Crippen LogP contribution in [0.5, 0.6) is 0 Å². The van der Waals surface area contributed by atoms with Gasteiger partial charge in [-0.05, 0) is 65.5 Å². The van der Waals surface area contributed by atoms with Crippen LogP contribution in [-0.2, 0) is 4.74 Å². The number of ether oxygens (including phenoxy) is 1. The second-order valence-electron chi connectivity index (χ2n) is 9.41. The van der Waals surface area contributed by atoms with Crippen LogP contribution in [0.4, 0.5) is 4.79 Å². The number of guanidine groups is 1. The van der Waals surface area contributed by atoms with Crippen molar-refractivity contribution >= 4 is 36.0 Å². The Morgan fingerprint density at radius 1 is 1.34 bits per heavy atom. The van der Waals surface area contributed by atoms with Crippen molar-refractivity contribution in [2.45, 2.75) is 65.5 Å². The lowest BCUT2D eigenvalue weighted by Gasteiger charge is -2.32. The second-order valence-corrected chi connectivity index (χ2v) is 9.41. The van der Waals surface area contributed by atoms with E-state index in [4.69, 9.17) is 4.74 Å². The Morgan fingerprint density at radius 2 is 2.00 bits per heavy atom. The Bertz CT molecular complexity index is 508. The highest BCUT2D eigenvalue weighted by Crippen LogP contribution is 2.14. The third-order valence-electron chi connectivity index (χ3n) is 5.13. The molecule has 1 fully saturated rings. The number of hydrogen-bond donors (Lipinski definition) is 2. The summed E-state index contributed by atoms with van der Waals surface area (Å²) in [6, 6.07) is 0.0578. The van der Waals surface area contributed by atoms with Crippen LogP contribution in [0.25, 0.3) is 0 Å². The molecule has 0 aromatic rings. The van der Waals surface area contributed by atoms with Gasteiger partial charge in [-0.2, -0.15) is 0 Å². The van der Waals surface area contributed by atoms with Crippen LogP contribution in [0.1, 0.15) is 53.9 Å². The lowest BCUT2D eigenvalue weighted by molar-refractivity contribution is 0.0486. The van der Waals surface area contributed by atoms with E-state index >= 15 is 0 Å². The number of aliphatic imine (C=N–C) groups is 1. The van der Waals surface area contributed by atoms with Gasteiger partial charge in [0.15, 0.2) is 5.96 Å². The first-order chi connectivity index (χ1) is 13.0. The van der Waals surface area contributed by atoms with Gasteiger partial charge in [-0.3, -0.25) is 4.99 Å². The lowest BCUT2D eigenvalue weighted by atomic mass is 9.98. The van der Waals surface area contributed by atoms with E-state index in [-0.39, 0.29) is 36.1 Å². The van der Waals surface area contributed by atoms with Crippen LogP contribution in [-0.4, -0.2) is 80.8 Å². The normalized spacial score (nSPS) is 19.3. The molecule has 2 unspecified atom stereocenters. The Balaban J connectivity index is 0.00000784. The smallest absolute Gasteiger partial charge is 0.407 e. The monoisotopic (exact) mass is 525 g/mol. The predicted molar refractivity (Wildman–Crippen MR) is 132 cm³/mol. The molecule has 0 aromatic heterocycles. The highest BCUT2D eigenvalue weighted by atomic mass is 127. The summed E-state index contributed by atoms with van der Waals surface area (Å²) in [6.07, 6.45) is 3.02. The molecule has 0 saturated carbocycles. The van der Waals surface area contributed by atoms with Crippen molar-refractivity contribution in [3.63, 3.8) is 0 Å². The highest BCUT2D eigenvalue weighted by Gasteiger charge is 2.22. The van der Waals surface area contributed by atoms with E-state index in [1.807, 2.05) is 34.9 Å². The Kier molecular flexibility index (Phi) is 13.2. The molecule has 7 nitrogen and oxygen atoms in total. The molecule has 1 saturated heterocycles. The van der Waals surface area contributed by atoms with E-state index in [1.54, 1.807) is 0 Å². The minimum absolute atomic E-state index is 0. The zero-order valence-corrected chi connectivity index (χ0v) is 22.1. The fourth-order valence-corrected chi connectivity index (χ4v) is 3.53. The number of likely N-dealkylation sites (tertiary alicyclic amines) is 1. The molecule has 0 aromatic carbocycles. The molecule has 0 radical (unpaired) electrons. The Morgan fingerprint density at radius 3 is 2.52 bits per heavy atom. The van der Waals surface area contributed by atoms with Crippen molar-refractivity contribution < 1.29 is 9.53 Å². The number of alkyl carbamates (subject to hydrolysis) is 1. The van der Waals surface area contributed by atoms with Crippen molar-refractivity contribution in [1.82, 2.24) is 20.4 Å². The first-order valence-corrected chi connectivity index (χ1v) is 10.6. The van der Waals surface area contributed by atoms with Gasteiger partial charge in [-0.15, -0.1) is 24.0 Å². The molecule has 2 atom stereocenters. The molecule has 1 heterocycles. The molecule has 2 N–H and O–H groups in total. The van der Waals surface area contributed by atoms with Gasteiger partial charge >= 0.3 is 6.09 Å². The first kappa shape index (κ1) is 28.2. The minimum atomic E-state index is -0.485. The van der Waals surface area contributed by atoms with Gasteiger partial charge in [-0.25, -0.2) is 4.79 Å². The van der Waals surface area contributed by atoms with Crippen LogP contribution in [0.15, 0.2) is 4.99 Å². The number of piperidine rings is 1. The van der Waals surface area contributed by atoms with Gasteiger partial charge in [0.05, 0.1) is 0 Å². The summed E-state index contributed by atoms with van der Waals surface area (Å²) < 4.78 is 5.40. The summed E-state index contributed by atoms with van der Waals surface area (Å²) >= 11 is 0. The lowest BCUT2D eigenvalue weighted by Crippen LogP contribution is -2.47. The van der Waals surface area contributed by atoms with Crippen LogP contribution in [0, 0.1) is 11.8 Å². The number of nitrogens with zero attached hydrogens (tertiary/aromatic N) is 3. The van der Waals surface area contributed by atoms with E-state index in [1.165, 1.54) is 19.4 Å². The highest BCUT2D eigenvalue weighted by molar-refractivity contribution is 14.0. The topological polar surface area (TPSA) is 69.2 Å². The molecule has 172 valence electrons. The van der Waals surface area contributed by atoms with Crippen molar-refractivity contribution in [2.24, 2.45) is 16.8 Å². The average molecular weight is 526 g/mol. The zero-order valence-electron chi connectivity index (χ0n) is 19.7. The number of halogens is 1. The van der Waals surface area contributed by atoms with Gasteiger partial charge in [-0.1, -0.05) is 13.8 Å². The number of amides is 1. The van der Waals surface area contributed by atoms with Gasteiger partial charge in [0, 0.05) is 39.8 Å². The standard InChI is InChI=1S/C21H43N5O2.HI/c1-16(2)18(24-20(27)28-21(3,4)5)11-13-26(8)19(22-6)23-14-17-10-9-12-25(7)15-17;/h16-18H,9-15H2,1-8H3,(H,22,23)(H,24,27);1H. The van der Waals surface area contributed by atoms with Crippen molar-refractivity contribution in [3.8, 4) is 0 Å². The summed E-state index contributed by atoms with van der Waals surface area (Å²) in [7, 11) is 6.06. The second kappa shape index (κ2) is 13.5. The molecular weight excluding hydrogens is 481 g/mol. The van der Waals surface area contributed by atoms with Crippen LogP contribution >= 0.6 is 24.0 Å². The summed E-state index contributed by atoms with van der Waals surface area (Å²) in [4.78, 5) is 21.1. The first-order valence-electron chi connectivity index (χ1n) is 10.6. The van der Waals surface area contributed by atoms with E-state index in [0.29, 0.717) is 11.8 Å². The largest absolute Gasteiger partial charge is 0.444 e. The maximum atomic E-state index is 12.1. The zero-order chi connectivity index (χ0) is 21.3. The van der Waals surface area contributed by atoms with Gasteiger partial charge in [0.1, 0.15) is 5.60 Å². The summed E-state index contributed by atoms with van der Waals surface area (Å²) in [5, 5.41) is 6.54. The SMILES string of the molecule is CN=C(NCC1CCCN(C)C1)N(C)CCC(NC(=O)OC(C)(C)C)C(C)C.I. The van der Waals surface area contributed by atoms with E-state index < -0.39 is 5.60 Å². The molecule has 8 heteroatoms. The third-order valence-corrected chi connectivity index (χ3v) is 5.13. The third kappa shape index (κ3) is 11.9. The molecule has 0 spiro atoms. The van der Waals surface area contributed by atoms with Crippen LogP contribution < -0.4 is 10.6 Å². The molecule has 1 aliphatic heterocycles. The molecule has 29 heavy (non-hydrogen) atoms. The molecule has 0 bridgehead atoms. The van der Waals surface area contributed by atoms with E-state index in [9.17, 15) is 4.79 Å². The fraction of sp³-hybridized carbons (Fsp3) is 0.905. The summed E-state index contributed by atoms with van der Waals surface area (Å²) in [6.45, 7) is 14.0. The summed E-state index contributed by atoms with van der Waals surface area (Å²) in [5.41, 5.74) is -0.485. The Hall–Kier alpha value is -0.770. The number of rotatable bonds is 7. The average Bonchev–Trinajstić information content (AvgIpc) is 2.57. The predicted octanol–water partition coefficient (Wildman–Crippen LogP) is 3.39. The maximum absolute atomic E-state index is 12.1. The van der Waals surface area contributed by atoms with E-state index in [2.05, 4.69) is 46.3 Å². The number of carbonyl (C=O) groups is 1. The minimum Gasteiger partial charge on any atom is -0.444 e. The quantitative estimate of drug-likeness (QED) is 0.303. The molecule has 0 aliphatic carbocycles. The molecule has 1 amide bonds. The number of nitrogens with one attached hydrogen (secondary N) is 2. The van der Waals surface area contributed by atoms with Crippen molar-refractivity contribution in [1.29, 1.82) is 0 Å². The molecular formula is C21H44IN5O2. The van der Waals surface area contributed by atoms with Crippen molar-refractivity contribution in [3.05, 3.63) is 0 Å². The van der Waals surface area contributed by atoms with Gasteiger partial charge in [0.25, 0.3) is 0 Å². The van der Waals surface area contributed by atoms with Crippen molar-refractivity contribution in [2.75, 3.05) is 47.3 Å². The van der Waals surface area contributed by atoms with E-state index in [0.717, 1.165) is 32.0 Å². The van der Waals surface area contributed by atoms with Gasteiger partial charge < -0.3 is 25.2 Å². The number of carbonyl (C=O) groups excluding carboxylic acids is 1. The van der Waals surface area contributed by atoms with Crippen LogP contribution in [0.2, 0.25) is 0 Å². The molecule has 1 aliphatic rings. The molecule has 1 rings (SSSR count). The fourth-order valence-electron chi connectivity index (χ4n) is 3.53. The van der Waals surface area contributed by atoms with Gasteiger partial charge in [0.2, 0.25) is 0 Å².